The molecule has 6 nitrogen and oxygen atoms in total. The molecule has 0 spiro atoms. The third-order valence-electron chi connectivity index (χ3n) is 1.97. The third-order valence-corrected chi connectivity index (χ3v) is 2.29. The predicted molar refractivity (Wildman–Crippen MR) is 56.7 cm³/mol. The molecular weight excluding hydrogens is 202 g/mol. The summed E-state index contributed by atoms with van der Waals surface area (Å²) >= 11 is 4.07. The van der Waals surface area contributed by atoms with E-state index in [0.29, 0.717) is 0 Å². The Kier molecular flexibility index (Phi) is 2.64. The molecule has 7 heteroatoms. The standard InChI is InChI=1S/C7H15N5OS/c1-7(2,3)4-5(13)11(9)6(8)10-12(4)14/h4,14H,9H2,1-3H3,(H2,8,10). The molecule has 1 unspecified atom stereocenters. The first-order valence-corrected chi connectivity index (χ1v) is 4.56. The van der Waals surface area contributed by atoms with Crippen LogP contribution in [0.4, 0.5) is 0 Å². The van der Waals surface area contributed by atoms with Gasteiger partial charge >= 0.3 is 0 Å². The largest absolute Gasteiger partial charge is 0.367 e. The van der Waals surface area contributed by atoms with E-state index in [1.165, 1.54) is 4.41 Å². The second-order valence-electron chi connectivity index (χ2n) is 4.26. The zero-order chi connectivity index (χ0) is 11.1. The fraction of sp³-hybridized carbons (Fsp3) is 0.714. The minimum atomic E-state index is -0.511. The lowest BCUT2D eigenvalue weighted by Gasteiger charge is -2.39. The zero-order valence-corrected chi connectivity index (χ0v) is 9.32. The summed E-state index contributed by atoms with van der Waals surface area (Å²) in [6.45, 7) is 5.72. The van der Waals surface area contributed by atoms with Crippen LogP contribution in [0.25, 0.3) is 0 Å². The molecule has 1 amide bonds. The van der Waals surface area contributed by atoms with Gasteiger partial charge in [-0.15, -0.1) is 5.10 Å². The van der Waals surface area contributed by atoms with Crippen LogP contribution in [-0.4, -0.2) is 27.3 Å². The van der Waals surface area contributed by atoms with Crippen LogP contribution in [0.3, 0.4) is 0 Å². The predicted octanol–water partition coefficient (Wildman–Crippen LogP) is -0.506. The number of hydrogen-bond acceptors (Lipinski definition) is 6. The van der Waals surface area contributed by atoms with Gasteiger partial charge in [-0.1, -0.05) is 20.8 Å². The summed E-state index contributed by atoms with van der Waals surface area (Å²) in [6, 6.07) is -0.511. The maximum atomic E-state index is 11.7. The normalized spacial score (nSPS) is 23.9. The van der Waals surface area contributed by atoms with Crippen LogP contribution in [0.1, 0.15) is 20.8 Å². The Labute approximate surface area is 88.4 Å². The van der Waals surface area contributed by atoms with Crippen LogP contribution >= 0.6 is 12.8 Å². The van der Waals surface area contributed by atoms with E-state index in [1.54, 1.807) is 0 Å². The van der Waals surface area contributed by atoms with Gasteiger partial charge in [-0.05, 0) is 18.2 Å². The maximum Gasteiger partial charge on any atom is 0.269 e. The van der Waals surface area contributed by atoms with E-state index in [4.69, 9.17) is 11.6 Å². The molecule has 1 aliphatic heterocycles. The minimum Gasteiger partial charge on any atom is -0.367 e. The topological polar surface area (TPSA) is 87.9 Å². The highest BCUT2D eigenvalue weighted by molar-refractivity contribution is 7.77. The van der Waals surface area contributed by atoms with Crippen LogP contribution in [0.15, 0.2) is 5.10 Å². The van der Waals surface area contributed by atoms with E-state index in [-0.39, 0.29) is 17.3 Å². The lowest BCUT2D eigenvalue weighted by atomic mass is 9.86. The van der Waals surface area contributed by atoms with Crippen molar-refractivity contribution in [2.45, 2.75) is 26.8 Å². The summed E-state index contributed by atoms with van der Waals surface area (Å²) in [4.78, 5) is 11.7. The Morgan fingerprint density at radius 1 is 1.50 bits per heavy atom. The Morgan fingerprint density at radius 2 is 2.00 bits per heavy atom. The molecule has 0 saturated heterocycles. The van der Waals surface area contributed by atoms with Gasteiger partial charge < -0.3 is 5.73 Å². The highest BCUT2D eigenvalue weighted by atomic mass is 32.1. The van der Waals surface area contributed by atoms with Crippen molar-refractivity contribution >= 4 is 24.7 Å². The first kappa shape index (κ1) is 11.1. The molecule has 0 bridgehead atoms. The van der Waals surface area contributed by atoms with Crippen LogP contribution in [-0.2, 0) is 4.79 Å². The summed E-state index contributed by atoms with van der Waals surface area (Å²) in [6.07, 6.45) is 0. The van der Waals surface area contributed by atoms with Crippen molar-refractivity contribution in [3.63, 3.8) is 0 Å². The molecule has 0 radical (unpaired) electrons. The molecule has 14 heavy (non-hydrogen) atoms. The molecule has 80 valence electrons. The van der Waals surface area contributed by atoms with Crippen LogP contribution in [0.2, 0.25) is 0 Å². The number of rotatable bonds is 0. The van der Waals surface area contributed by atoms with Crippen molar-refractivity contribution in [2.24, 2.45) is 22.1 Å². The molecule has 0 aromatic rings. The van der Waals surface area contributed by atoms with Crippen molar-refractivity contribution in [2.75, 3.05) is 0 Å². The van der Waals surface area contributed by atoms with Crippen LogP contribution in [0, 0.1) is 5.41 Å². The molecule has 0 saturated carbocycles. The number of nitrogens with two attached hydrogens (primary N) is 2. The fourth-order valence-electron chi connectivity index (χ4n) is 1.27. The molecule has 4 N–H and O–H groups in total. The quantitative estimate of drug-likeness (QED) is 0.290. The molecule has 1 atom stereocenters. The van der Waals surface area contributed by atoms with Gasteiger partial charge in [0, 0.05) is 0 Å². The molecule has 1 rings (SSSR count). The number of carbonyl (C=O) groups excluding carboxylic acids is 1. The lowest BCUT2D eigenvalue weighted by Crippen LogP contribution is -2.61. The van der Waals surface area contributed by atoms with Gasteiger partial charge in [0.2, 0.25) is 5.96 Å². The summed E-state index contributed by atoms with van der Waals surface area (Å²) in [5, 5.41) is 4.68. The first-order valence-electron chi connectivity index (χ1n) is 4.16. The van der Waals surface area contributed by atoms with Gasteiger partial charge in [0.15, 0.2) is 0 Å². The number of amides is 1. The lowest BCUT2D eigenvalue weighted by molar-refractivity contribution is -0.136. The Morgan fingerprint density at radius 3 is 2.43 bits per heavy atom. The summed E-state index contributed by atoms with van der Waals surface area (Å²) < 4.78 is 1.25. The molecular formula is C7H15N5OS. The molecule has 0 fully saturated rings. The van der Waals surface area contributed by atoms with Crippen molar-refractivity contribution in [1.29, 1.82) is 0 Å². The molecule has 0 aromatic carbocycles. The SMILES string of the molecule is CC(C)(C)C1C(=O)N(N)C(N)=NN1S. The van der Waals surface area contributed by atoms with Crippen LogP contribution < -0.4 is 11.6 Å². The van der Waals surface area contributed by atoms with Crippen molar-refractivity contribution in [1.82, 2.24) is 9.42 Å². The number of carbonyl (C=O) groups is 1. The molecule has 1 heterocycles. The number of hydrazone groups is 1. The second kappa shape index (κ2) is 3.32. The number of nitrogens with zero attached hydrogens (tertiary/aromatic N) is 3. The van der Waals surface area contributed by atoms with Gasteiger partial charge in [-0.2, -0.15) is 0 Å². The smallest absolute Gasteiger partial charge is 0.269 e. The number of hydrogen-bond donors (Lipinski definition) is 3. The number of thiol groups is 1. The first-order chi connectivity index (χ1) is 6.25. The highest BCUT2D eigenvalue weighted by Gasteiger charge is 2.41. The fourth-order valence-corrected chi connectivity index (χ4v) is 1.81. The summed E-state index contributed by atoms with van der Waals surface area (Å²) in [5.74, 6) is 5.08. The zero-order valence-electron chi connectivity index (χ0n) is 8.43. The van der Waals surface area contributed by atoms with E-state index in [0.717, 1.165) is 5.01 Å². The van der Waals surface area contributed by atoms with Crippen molar-refractivity contribution in [3.05, 3.63) is 0 Å². The van der Waals surface area contributed by atoms with E-state index in [1.807, 2.05) is 20.8 Å². The molecule has 1 aliphatic rings. The minimum absolute atomic E-state index is 0.0505. The summed E-state index contributed by atoms with van der Waals surface area (Å²) in [5.41, 5.74) is 5.10. The molecule has 0 aromatic heterocycles. The number of hydrazine groups is 1. The van der Waals surface area contributed by atoms with Gasteiger partial charge in [0.1, 0.15) is 6.04 Å². The monoisotopic (exact) mass is 217 g/mol. The van der Waals surface area contributed by atoms with Gasteiger partial charge in [0.05, 0.1) is 0 Å². The average molecular weight is 217 g/mol. The van der Waals surface area contributed by atoms with E-state index >= 15 is 0 Å². The third kappa shape index (κ3) is 1.78. The van der Waals surface area contributed by atoms with Crippen molar-refractivity contribution < 1.29 is 4.79 Å². The van der Waals surface area contributed by atoms with Gasteiger partial charge in [0.25, 0.3) is 5.91 Å². The maximum absolute atomic E-state index is 11.7. The van der Waals surface area contributed by atoms with E-state index in [9.17, 15) is 4.79 Å². The summed E-state index contributed by atoms with van der Waals surface area (Å²) in [7, 11) is 0. The Bertz CT molecular complexity index is 284. The Hall–Kier alpha value is -0.950. The number of guanidine groups is 1. The van der Waals surface area contributed by atoms with E-state index in [2.05, 4.69) is 17.9 Å². The second-order valence-corrected chi connectivity index (χ2v) is 4.67. The highest BCUT2D eigenvalue weighted by Crippen LogP contribution is 2.28. The molecule has 0 aliphatic carbocycles. The average Bonchev–Trinajstić information content (AvgIpc) is 1.97. The Balaban J connectivity index is 3.06. The van der Waals surface area contributed by atoms with Gasteiger partial charge in [-0.3, -0.25) is 4.79 Å². The van der Waals surface area contributed by atoms with E-state index < -0.39 is 6.04 Å². The van der Waals surface area contributed by atoms with Gasteiger partial charge in [-0.25, -0.2) is 15.3 Å². The van der Waals surface area contributed by atoms with Crippen molar-refractivity contribution in [3.8, 4) is 0 Å². The van der Waals surface area contributed by atoms with Crippen LogP contribution in [0.5, 0.6) is 0 Å².